The predicted molar refractivity (Wildman–Crippen MR) is 89.0 cm³/mol. The largest absolute Gasteiger partial charge is 0.304 e. The Morgan fingerprint density at radius 3 is 2.29 bits per heavy atom. The summed E-state index contributed by atoms with van der Waals surface area (Å²) in [7, 11) is 2.09. The molecule has 0 radical (unpaired) electrons. The summed E-state index contributed by atoms with van der Waals surface area (Å²) in [5, 5.41) is 0. The summed E-state index contributed by atoms with van der Waals surface area (Å²) in [5.74, 6) is -1.83. The molecule has 0 N–H and O–H groups in total. The lowest BCUT2D eigenvalue weighted by Crippen LogP contribution is -2.44. The van der Waals surface area contributed by atoms with Crippen molar-refractivity contribution >= 4 is 5.78 Å². The van der Waals surface area contributed by atoms with Gasteiger partial charge in [-0.1, -0.05) is 24.3 Å². The first kappa shape index (κ1) is 16.7. The average molecular weight is 330 g/mol. The standard InChI is InChI=1S/C19H20F2N2O/c1-22-6-8-23(9-7-22)13-14-4-2-3-5-18(14)19(24)15-10-16(20)12-17(21)11-15/h2-5,10-12H,6-9,13H2,1H3. The lowest BCUT2D eigenvalue weighted by atomic mass is 9.97. The highest BCUT2D eigenvalue weighted by Gasteiger charge is 2.19. The van der Waals surface area contributed by atoms with Crippen LogP contribution in [0.5, 0.6) is 0 Å². The molecule has 1 aliphatic heterocycles. The van der Waals surface area contributed by atoms with Crippen LogP contribution < -0.4 is 0 Å². The van der Waals surface area contributed by atoms with E-state index in [0.717, 1.165) is 49.9 Å². The number of ketones is 1. The van der Waals surface area contributed by atoms with E-state index in [2.05, 4.69) is 16.8 Å². The molecule has 0 spiro atoms. The van der Waals surface area contributed by atoms with Crippen molar-refractivity contribution in [2.24, 2.45) is 0 Å². The van der Waals surface area contributed by atoms with Gasteiger partial charge in [-0.15, -0.1) is 0 Å². The summed E-state index contributed by atoms with van der Waals surface area (Å²) in [6.07, 6.45) is 0. The highest BCUT2D eigenvalue weighted by atomic mass is 19.1. The van der Waals surface area contributed by atoms with E-state index >= 15 is 0 Å². The Kier molecular flexibility index (Phi) is 5.02. The van der Waals surface area contributed by atoms with Gasteiger partial charge in [-0.25, -0.2) is 8.78 Å². The van der Waals surface area contributed by atoms with Crippen LogP contribution in [0.2, 0.25) is 0 Å². The maximum Gasteiger partial charge on any atom is 0.193 e. The van der Waals surface area contributed by atoms with Crippen molar-refractivity contribution in [3.05, 3.63) is 70.8 Å². The number of halogens is 2. The van der Waals surface area contributed by atoms with Gasteiger partial charge in [0, 0.05) is 49.9 Å². The van der Waals surface area contributed by atoms with Gasteiger partial charge in [0.05, 0.1) is 0 Å². The molecular weight excluding hydrogens is 310 g/mol. The topological polar surface area (TPSA) is 23.6 Å². The van der Waals surface area contributed by atoms with Crippen LogP contribution in [-0.4, -0.2) is 48.8 Å². The number of likely N-dealkylation sites (N-methyl/N-ethyl adjacent to an activating group) is 1. The van der Waals surface area contributed by atoms with Crippen LogP contribution in [0.15, 0.2) is 42.5 Å². The predicted octanol–water partition coefficient (Wildman–Crippen LogP) is 2.94. The maximum atomic E-state index is 13.4. The molecule has 3 rings (SSSR count). The molecule has 1 aliphatic rings. The molecular formula is C19H20F2N2O. The van der Waals surface area contributed by atoms with Gasteiger partial charge in [0.1, 0.15) is 11.6 Å². The molecule has 126 valence electrons. The number of carbonyl (C=O) groups excluding carboxylic acids is 1. The second-order valence-corrected chi connectivity index (χ2v) is 6.22. The SMILES string of the molecule is CN1CCN(Cc2ccccc2C(=O)c2cc(F)cc(F)c2)CC1. The number of nitrogens with zero attached hydrogens (tertiary/aromatic N) is 2. The van der Waals surface area contributed by atoms with Gasteiger partial charge in [0.2, 0.25) is 0 Å². The quantitative estimate of drug-likeness (QED) is 0.806. The minimum absolute atomic E-state index is 0.0401. The molecule has 2 aromatic rings. The van der Waals surface area contributed by atoms with E-state index < -0.39 is 11.6 Å². The number of rotatable bonds is 4. The zero-order chi connectivity index (χ0) is 17.1. The first-order valence-corrected chi connectivity index (χ1v) is 8.02. The van der Waals surface area contributed by atoms with Gasteiger partial charge in [0.25, 0.3) is 0 Å². The summed E-state index contributed by atoms with van der Waals surface area (Å²) in [6.45, 7) is 4.52. The van der Waals surface area contributed by atoms with Gasteiger partial charge >= 0.3 is 0 Å². The minimum atomic E-state index is -0.741. The molecule has 0 amide bonds. The molecule has 2 aromatic carbocycles. The number of hydrogen-bond donors (Lipinski definition) is 0. The molecule has 1 fully saturated rings. The third kappa shape index (κ3) is 3.86. The smallest absolute Gasteiger partial charge is 0.193 e. The fourth-order valence-corrected chi connectivity index (χ4v) is 2.97. The molecule has 0 saturated carbocycles. The molecule has 24 heavy (non-hydrogen) atoms. The Hall–Kier alpha value is -2.11. The van der Waals surface area contributed by atoms with Gasteiger partial charge in [-0.05, 0) is 24.7 Å². The molecule has 0 aliphatic carbocycles. The van der Waals surface area contributed by atoms with Crippen molar-refractivity contribution in [3.63, 3.8) is 0 Å². The van der Waals surface area contributed by atoms with Crippen molar-refractivity contribution < 1.29 is 13.6 Å². The van der Waals surface area contributed by atoms with Crippen molar-refractivity contribution in [2.45, 2.75) is 6.54 Å². The second kappa shape index (κ2) is 7.20. The number of benzene rings is 2. The molecule has 3 nitrogen and oxygen atoms in total. The number of carbonyl (C=O) groups is 1. The van der Waals surface area contributed by atoms with Crippen molar-refractivity contribution in [3.8, 4) is 0 Å². The third-order valence-corrected chi connectivity index (χ3v) is 4.38. The van der Waals surface area contributed by atoms with Gasteiger partial charge < -0.3 is 4.90 Å². The van der Waals surface area contributed by atoms with E-state index in [4.69, 9.17) is 0 Å². The summed E-state index contributed by atoms with van der Waals surface area (Å²) in [4.78, 5) is 17.3. The van der Waals surface area contributed by atoms with Crippen LogP contribution in [0.3, 0.4) is 0 Å². The molecule has 0 bridgehead atoms. The van der Waals surface area contributed by atoms with Crippen LogP contribution in [-0.2, 0) is 6.54 Å². The zero-order valence-corrected chi connectivity index (χ0v) is 13.6. The number of piperazine rings is 1. The zero-order valence-electron chi connectivity index (χ0n) is 13.6. The van der Waals surface area contributed by atoms with Crippen LogP contribution in [0.4, 0.5) is 8.78 Å². The average Bonchev–Trinajstić information content (AvgIpc) is 2.56. The highest BCUT2D eigenvalue weighted by molar-refractivity contribution is 6.09. The first-order valence-electron chi connectivity index (χ1n) is 8.02. The highest BCUT2D eigenvalue weighted by Crippen LogP contribution is 2.19. The molecule has 0 unspecified atom stereocenters. The summed E-state index contributed by atoms with van der Waals surface area (Å²) in [6, 6.07) is 10.2. The lowest BCUT2D eigenvalue weighted by Gasteiger charge is -2.32. The summed E-state index contributed by atoms with van der Waals surface area (Å²) >= 11 is 0. The van der Waals surface area contributed by atoms with Gasteiger partial charge in [-0.2, -0.15) is 0 Å². The van der Waals surface area contributed by atoms with E-state index in [-0.39, 0.29) is 11.3 Å². The van der Waals surface area contributed by atoms with Crippen LogP contribution >= 0.6 is 0 Å². The fourth-order valence-electron chi connectivity index (χ4n) is 2.97. The van der Waals surface area contributed by atoms with Crippen LogP contribution in [0.1, 0.15) is 21.5 Å². The van der Waals surface area contributed by atoms with E-state index in [1.807, 2.05) is 12.1 Å². The van der Waals surface area contributed by atoms with E-state index in [9.17, 15) is 13.6 Å². The Morgan fingerprint density at radius 1 is 1.00 bits per heavy atom. The lowest BCUT2D eigenvalue weighted by molar-refractivity contribution is 0.103. The molecule has 0 atom stereocenters. The third-order valence-electron chi connectivity index (χ3n) is 4.38. The van der Waals surface area contributed by atoms with Crippen molar-refractivity contribution in [1.82, 2.24) is 9.80 Å². The van der Waals surface area contributed by atoms with E-state index in [1.165, 1.54) is 0 Å². The normalized spacial score (nSPS) is 16.3. The van der Waals surface area contributed by atoms with Crippen molar-refractivity contribution in [1.29, 1.82) is 0 Å². The van der Waals surface area contributed by atoms with Gasteiger partial charge in [0.15, 0.2) is 5.78 Å². The molecule has 1 saturated heterocycles. The number of hydrogen-bond acceptors (Lipinski definition) is 3. The second-order valence-electron chi connectivity index (χ2n) is 6.22. The Labute approximate surface area is 140 Å². The summed E-state index contributed by atoms with van der Waals surface area (Å²) < 4.78 is 26.8. The van der Waals surface area contributed by atoms with E-state index in [0.29, 0.717) is 12.1 Å². The van der Waals surface area contributed by atoms with Gasteiger partial charge in [-0.3, -0.25) is 9.69 Å². The fraction of sp³-hybridized carbons (Fsp3) is 0.316. The van der Waals surface area contributed by atoms with E-state index in [1.54, 1.807) is 12.1 Å². The minimum Gasteiger partial charge on any atom is -0.304 e. The molecule has 1 heterocycles. The molecule has 5 heteroatoms. The Bertz CT molecular complexity index is 720. The van der Waals surface area contributed by atoms with Crippen molar-refractivity contribution in [2.75, 3.05) is 33.2 Å². The first-order chi connectivity index (χ1) is 11.5. The molecule has 0 aromatic heterocycles. The van der Waals surface area contributed by atoms with Crippen LogP contribution in [0, 0.1) is 11.6 Å². The summed E-state index contributed by atoms with van der Waals surface area (Å²) in [5.41, 5.74) is 1.43. The monoisotopic (exact) mass is 330 g/mol. The Morgan fingerprint density at radius 2 is 1.62 bits per heavy atom. The van der Waals surface area contributed by atoms with Crippen LogP contribution in [0.25, 0.3) is 0 Å². The maximum absolute atomic E-state index is 13.4. The Balaban J connectivity index is 1.84.